The van der Waals surface area contributed by atoms with Crippen LogP contribution in [0.5, 0.6) is 0 Å². The molecule has 1 fully saturated rings. The molecule has 124 valence electrons. The molecule has 1 aromatic heterocycles. The first-order valence-electron chi connectivity index (χ1n) is 8.81. The Bertz CT molecular complexity index is 660. The molecule has 0 saturated heterocycles. The summed E-state index contributed by atoms with van der Waals surface area (Å²) in [6.07, 6.45) is 14.2. The molecule has 3 aliphatic rings. The van der Waals surface area contributed by atoms with Crippen LogP contribution in [0.25, 0.3) is 0 Å². The largest absolute Gasteiger partial charge is 0.472 e. The first-order valence-corrected chi connectivity index (χ1v) is 8.81. The van der Waals surface area contributed by atoms with Crippen molar-refractivity contribution in [2.75, 3.05) is 6.61 Å². The van der Waals surface area contributed by atoms with Gasteiger partial charge in [-0.2, -0.15) is 0 Å². The van der Waals surface area contributed by atoms with Crippen molar-refractivity contribution in [2.45, 2.75) is 51.4 Å². The SMILES string of the molecule is C[C@]12CC=C[C@@](C)(CO)[C@@H]1CC[C@@]1(C=O)c3cocc3CC[C@H]21. The molecular formula is C20H26O3. The van der Waals surface area contributed by atoms with Crippen molar-refractivity contribution in [3.05, 3.63) is 35.8 Å². The maximum absolute atomic E-state index is 12.3. The number of aliphatic hydroxyl groups excluding tert-OH is 1. The zero-order valence-corrected chi connectivity index (χ0v) is 14.0. The van der Waals surface area contributed by atoms with Crippen molar-refractivity contribution < 1.29 is 14.3 Å². The molecule has 0 unspecified atom stereocenters. The summed E-state index contributed by atoms with van der Waals surface area (Å²) in [7, 11) is 0. The third-order valence-electron chi connectivity index (χ3n) is 7.41. The standard InChI is InChI=1S/C20H26O3/c1-18(12-21)7-3-8-19(2)16(18)6-9-20(13-22)15-11-23-10-14(15)4-5-17(19)20/h3,7,10-11,13,16-17,21H,4-6,8-9,12H2,1-2H3/t16-,17+,18-,19-,20+/m0/s1. The Morgan fingerprint density at radius 1 is 1.30 bits per heavy atom. The van der Waals surface area contributed by atoms with E-state index in [9.17, 15) is 9.90 Å². The third-order valence-corrected chi connectivity index (χ3v) is 7.41. The summed E-state index contributed by atoms with van der Waals surface area (Å²) in [6.45, 7) is 4.70. The van der Waals surface area contributed by atoms with E-state index in [0.29, 0.717) is 11.8 Å². The highest BCUT2D eigenvalue weighted by Gasteiger charge is 2.61. The molecule has 0 spiro atoms. The number of aryl methyl sites for hydroxylation is 1. The number of aldehydes is 1. The van der Waals surface area contributed by atoms with Crippen molar-refractivity contribution in [1.29, 1.82) is 0 Å². The van der Waals surface area contributed by atoms with Crippen LogP contribution in [0.3, 0.4) is 0 Å². The lowest BCUT2D eigenvalue weighted by Crippen LogP contribution is -2.59. The fourth-order valence-corrected chi connectivity index (χ4v) is 6.29. The van der Waals surface area contributed by atoms with Crippen molar-refractivity contribution in [1.82, 2.24) is 0 Å². The molecule has 23 heavy (non-hydrogen) atoms. The Morgan fingerprint density at radius 3 is 2.87 bits per heavy atom. The lowest BCUT2D eigenvalue weighted by molar-refractivity contribution is -0.130. The summed E-state index contributed by atoms with van der Waals surface area (Å²) in [6, 6.07) is 0. The fourth-order valence-electron chi connectivity index (χ4n) is 6.29. The number of allylic oxidation sites excluding steroid dienone is 1. The molecule has 0 bridgehead atoms. The van der Waals surface area contributed by atoms with Gasteiger partial charge in [0, 0.05) is 11.0 Å². The third kappa shape index (κ3) is 1.77. The second kappa shape index (κ2) is 4.83. The average molecular weight is 314 g/mol. The molecule has 3 heteroatoms. The van der Waals surface area contributed by atoms with Crippen LogP contribution < -0.4 is 0 Å². The van der Waals surface area contributed by atoms with Crippen molar-refractivity contribution in [3.63, 3.8) is 0 Å². The second-order valence-electron chi connectivity index (χ2n) is 8.43. The number of carbonyl (C=O) groups excluding carboxylic acids is 1. The number of hydrogen-bond acceptors (Lipinski definition) is 3. The monoisotopic (exact) mass is 314 g/mol. The Balaban J connectivity index is 1.85. The van der Waals surface area contributed by atoms with Crippen LogP contribution in [0.2, 0.25) is 0 Å². The smallest absolute Gasteiger partial charge is 0.130 e. The summed E-state index contributed by atoms with van der Waals surface area (Å²) in [5, 5.41) is 10.0. The van der Waals surface area contributed by atoms with Gasteiger partial charge in [0.05, 0.1) is 24.5 Å². The Labute approximate surface area is 137 Å². The molecule has 1 N–H and O–H groups in total. The Kier molecular flexibility index (Phi) is 3.19. The van der Waals surface area contributed by atoms with Crippen LogP contribution in [0, 0.1) is 22.7 Å². The molecule has 3 nitrogen and oxygen atoms in total. The quantitative estimate of drug-likeness (QED) is 0.669. The lowest BCUT2D eigenvalue weighted by atomic mass is 9.41. The van der Waals surface area contributed by atoms with Gasteiger partial charge >= 0.3 is 0 Å². The van der Waals surface area contributed by atoms with Crippen LogP contribution in [0.15, 0.2) is 29.1 Å². The number of hydrogen-bond donors (Lipinski definition) is 1. The molecule has 0 radical (unpaired) electrons. The van der Waals surface area contributed by atoms with Crippen LogP contribution in [-0.2, 0) is 16.6 Å². The van der Waals surface area contributed by atoms with Gasteiger partial charge in [-0.15, -0.1) is 0 Å². The highest BCUT2D eigenvalue weighted by Crippen LogP contribution is 2.65. The van der Waals surface area contributed by atoms with Crippen LogP contribution >= 0.6 is 0 Å². The normalized spacial score (nSPS) is 45.0. The highest BCUT2D eigenvalue weighted by atomic mass is 16.3. The number of aliphatic hydroxyl groups is 1. The average Bonchev–Trinajstić information content (AvgIpc) is 3.03. The molecule has 5 atom stereocenters. The Morgan fingerprint density at radius 2 is 2.13 bits per heavy atom. The molecule has 3 aliphatic carbocycles. The number of rotatable bonds is 2. The molecule has 0 aromatic carbocycles. The van der Waals surface area contributed by atoms with E-state index in [1.165, 1.54) is 11.8 Å². The lowest BCUT2D eigenvalue weighted by Gasteiger charge is -2.61. The van der Waals surface area contributed by atoms with Gasteiger partial charge in [0.15, 0.2) is 0 Å². The fraction of sp³-hybridized carbons (Fsp3) is 0.650. The molecule has 1 heterocycles. The maximum atomic E-state index is 12.3. The second-order valence-corrected chi connectivity index (χ2v) is 8.43. The van der Waals surface area contributed by atoms with Gasteiger partial charge in [-0.1, -0.05) is 26.0 Å². The van der Waals surface area contributed by atoms with Gasteiger partial charge in [-0.05, 0) is 54.9 Å². The molecule has 1 saturated carbocycles. The van der Waals surface area contributed by atoms with Gasteiger partial charge in [0.2, 0.25) is 0 Å². The van der Waals surface area contributed by atoms with E-state index in [0.717, 1.165) is 37.7 Å². The minimum absolute atomic E-state index is 0.0559. The summed E-state index contributed by atoms with van der Waals surface area (Å²) in [5.41, 5.74) is 1.84. The maximum Gasteiger partial charge on any atom is 0.130 e. The highest BCUT2D eigenvalue weighted by molar-refractivity contribution is 5.71. The number of carbonyl (C=O) groups is 1. The van der Waals surface area contributed by atoms with E-state index in [4.69, 9.17) is 4.42 Å². The van der Waals surface area contributed by atoms with Gasteiger partial charge in [0.1, 0.15) is 6.29 Å². The van der Waals surface area contributed by atoms with Crippen LogP contribution in [0.1, 0.15) is 50.7 Å². The van der Waals surface area contributed by atoms with Crippen molar-refractivity contribution in [3.8, 4) is 0 Å². The van der Waals surface area contributed by atoms with Crippen molar-refractivity contribution >= 4 is 6.29 Å². The van der Waals surface area contributed by atoms with E-state index in [1.54, 1.807) is 0 Å². The van der Waals surface area contributed by atoms with Crippen LogP contribution in [0.4, 0.5) is 0 Å². The predicted molar refractivity (Wildman–Crippen MR) is 88.0 cm³/mol. The molecule has 1 aromatic rings. The molecule has 0 amide bonds. The summed E-state index contributed by atoms with van der Waals surface area (Å²) in [4.78, 5) is 12.3. The summed E-state index contributed by atoms with van der Waals surface area (Å²) in [5.74, 6) is 0.753. The predicted octanol–water partition coefficient (Wildman–Crippen LogP) is 3.65. The zero-order chi connectivity index (χ0) is 16.3. The minimum Gasteiger partial charge on any atom is -0.472 e. The van der Waals surface area contributed by atoms with Gasteiger partial charge in [-0.25, -0.2) is 0 Å². The summed E-state index contributed by atoms with van der Waals surface area (Å²) >= 11 is 0. The van der Waals surface area contributed by atoms with E-state index in [1.807, 2.05) is 12.5 Å². The first kappa shape index (κ1) is 15.2. The van der Waals surface area contributed by atoms with E-state index in [2.05, 4.69) is 26.0 Å². The number of furan rings is 1. The molecule has 4 rings (SSSR count). The van der Waals surface area contributed by atoms with Crippen molar-refractivity contribution in [2.24, 2.45) is 22.7 Å². The number of fused-ring (bicyclic) bond motifs is 5. The molecular weight excluding hydrogens is 288 g/mol. The summed E-state index contributed by atoms with van der Waals surface area (Å²) < 4.78 is 5.46. The Hall–Kier alpha value is -1.35. The molecule has 0 aliphatic heterocycles. The van der Waals surface area contributed by atoms with Crippen LogP contribution in [-0.4, -0.2) is 18.0 Å². The minimum atomic E-state index is -0.395. The van der Waals surface area contributed by atoms with Gasteiger partial charge in [-0.3, -0.25) is 0 Å². The van der Waals surface area contributed by atoms with Gasteiger partial charge in [0.25, 0.3) is 0 Å². The van der Waals surface area contributed by atoms with E-state index >= 15 is 0 Å². The van der Waals surface area contributed by atoms with E-state index < -0.39 is 5.41 Å². The zero-order valence-electron chi connectivity index (χ0n) is 14.0. The first-order chi connectivity index (χ1) is 11.0. The topological polar surface area (TPSA) is 50.4 Å². The van der Waals surface area contributed by atoms with Gasteiger partial charge < -0.3 is 14.3 Å². The van der Waals surface area contributed by atoms with E-state index in [-0.39, 0.29) is 17.4 Å².